The number of anilines is 1. The first-order valence-electron chi connectivity index (χ1n) is 8.13. The summed E-state index contributed by atoms with van der Waals surface area (Å²) in [7, 11) is 0.101. The van der Waals surface area contributed by atoms with Gasteiger partial charge in [-0.25, -0.2) is 17.4 Å². The van der Waals surface area contributed by atoms with Crippen LogP contribution in [0.1, 0.15) is 32.4 Å². The Labute approximate surface area is 142 Å². The second-order valence-electron chi connectivity index (χ2n) is 5.99. The highest BCUT2D eigenvalue weighted by molar-refractivity contribution is 7.89. The second-order valence-corrected chi connectivity index (χ2v) is 8.31. The third-order valence-corrected chi connectivity index (χ3v) is 6.57. The van der Waals surface area contributed by atoms with Crippen LogP contribution >= 0.6 is 0 Å². The molecule has 2 heterocycles. The minimum Gasteiger partial charge on any atom is -0.351 e. The summed E-state index contributed by atoms with van der Waals surface area (Å²) in [6, 6.07) is -0.0656. The van der Waals surface area contributed by atoms with Crippen molar-refractivity contribution in [1.82, 2.24) is 14.1 Å². The summed E-state index contributed by atoms with van der Waals surface area (Å²) in [5.41, 5.74) is 0.540. The van der Waals surface area contributed by atoms with E-state index in [9.17, 15) is 18.5 Å². The molecule has 0 saturated carbocycles. The van der Waals surface area contributed by atoms with Crippen LogP contribution in [-0.2, 0) is 23.5 Å². The van der Waals surface area contributed by atoms with E-state index in [1.165, 1.54) is 4.31 Å². The van der Waals surface area contributed by atoms with Gasteiger partial charge in [0, 0.05) is 33.2 Å². The van der Waals surface area contributed by atoms with Crippen molar-refractivity contribution >= 4 is 21.5 Å². The van der Waals surface area contributed by atoms with E-state index in [2.05, 4.69) is 5.10 Å². The van der Waals surface area contributed by atoms with Crippen LogP contribution in [0.15, 0.2) is 0 Å². The van der Waals surface area contributed by atoms with Crippen LogP contribution in [0.5, 0.6) is 0 Å². The molecule has 10 heteroatoms. The van der Waals surface area contributed by atoms with Crippen molar-refractivity contribution in [3.8, 4) is 0 Å². The largest absolute Gasteiger partial charge is 0.351 e. The molecule has 0 N–H and O–H groups in total. The lowest BCUT2D eigenvalue weighted by molar-refractivity contribution is -0.384. The molecule has 24 heavy (non-hydrogen) atoms. The molecule has 0 radical (unpaired) electrons. The van der Waals surface area contributed by atoms with E-state index in [1.807, 2.05) is 11.8 Å². The zero-order valence-corrected chi connectivity index (χ0v) is 15.4. The molecule has 9 nitrogen and oxygen atoms in total. The van der Waals surface area contributed by atoms with Crippen molar-refractivity contribution in [1.29, 1.82) is 0 Å². The van der Waals surface area contributed by atoms with E-state index in [0.29, 0.717) is 43.9 Å². The van der Waals surface area contributed by atoms with Crippen LogP contribution in [0, 0.1) is 10.1 Å². The molecule has 0 spiro atoms. The summed E-state index contributed by atoms with van der Waals surface area (Å²) in [5.74, 6) is 0.591. The van der Waals surface area contributed by atoms with Gasteiger partial charge in [0.1, 0.15) is 5.69 Å². The fourth-order valence-electron chi connectivity index (χ4n) is 3.21. The Morgan fingerprint density at radius 3 is 2.38 bits per heavy atom. The lowest BCUT2D eigenvalue weighted by atomic mass is 10.1. The SMILES string of the molecule is CCc1nn(C)c(N2CCC(N(C)S(=O)(=O)CC)CC2)c1[N+](=O)[O-]. The van der Waals surface area contributed by atoms with E-state index >= 15 is 0 Å². The van der Waals surface area contributed by atoms with Gasteiger partial charge in [0.05, 0.1) is 10.7 Å². The predicted octanol–water partition coefficient (Wildman–Crippen LogP) is 1.14. The average molecular weight is 359 g/mol. The molecular weight excluding hydrogens is 334 g/mol. The lowest BCUT2D eigenvalue weighted by Crippen LogP contribution is -2.46. The minimum absolute atomic E-state index is 0.0629. The summed E-state index contributed by atoms with van der Waals surface area (Å²) >= 11 is 0. The number of hydrogen-bond acceptors (Lipinski definition) is 6. The number of aryl methyl sites for hydroxylation is 2. The van der Waals surface area contributed by atoms with Crippen molar-refractivity contribution in [2.24, 2.45) is 7.05 Å². The number of hydrogen-bond donors (Lipinski definition) is 0. The summed E-state index contributed by atoms with van der Waals surface area (Å²) in [4.78, 5) is 13.0. The maximum atomic E-state index is 12.0. The van der Waals surface area contributed by atoms with Crippen molar-refractivity contribution in [2.45, 2.75) is 39.2 Å². The van der Waals surface area contributed by atoms with E-state index in [4.69, 9.17) is 0 Å². The van der Waals surface area contributed by atoms with Crippen LogP contribution in [0.25, 0.3) is 0 Å². The van der Waals surface area contributed by atoms with Crippen LogP contribution < -0.4 is 4.90 Å². The van der Waals surface area contributed by atoms with Gasteiger partial charge >= 0.3 is 5.69 Å². The van der Waals surface area contributed by atoms with E-state index in [-0.39, 0.29) is 22.4 Å². The molecule has 1 aliphatic rings. The maximum Gasteiger partial charge on any atom is 0.334 e. The van der Waals surface area contributed by atoms with Crippen LogP contribution in [-0.4, -0.2) is 59.4 Å². The summed E-state index contributed by atoms with van der Waals surface area (Å²) < 4.78 is 27.0. The second kappa shape index (κ2) is 7.06. The molecule has 0 bridgehead atoms. The Balaban J connectivity index is 2.19. The summed E-state index contributed by atoms with van der Waals surface area (Å²) in [6.07, 6.45) is 1.77. The highest BCUT2D eigenvalue weighted by atomic mass is 32.2. The summed E-state index contributed by atoms with van der Waals surface area (Å²) in [6.45, 7) is 4.61. The normalized spacial score (nSPS) is 16.8. The Kier molecular flexibility index (Phi) is 5.49. The first-order valence-corrected chi connectivity index (χ1v) is 9.74. The smallest absolute Gasteiger partial charge is 0.334 e. The zero-order valence-electron chi connectivity index (χ0n) is 14.6. The van der Waals surface area contributed by atoms with Gasteiger partial charge in [0.2, 0.25) is 15.8 Å². The molecule has 1 fully saturated rings. The van der Waals surface area contributed by atoms with Crippen molar-refractivity contribution in [3.05, 3.63) is 15.8 Å². The third-order valence-electron chi connectivity index (χ3n) is 4.66. The van der Waals surface area contributed by atoms with Crippen molar-refractivity contribution in [2.75, 3.05) is 30.8 Å². The van der Waals surface area contributed by atoms with Gasteiger partial charge in [0.15, 0.2) is 0 Å². The van der Waals surface area contributed by atoms with Gasteiger partial charge in [-0.1, -0.05) is 6.92 Å². The maximum absolute atomic E-state index is 12.0. The number of aromatic nitrogens is 2. The highest BCUT2D eigenvalue weighted by Gasteiger charge is 2.34. The lowest BCUT2D eigenvalue weighted by Gasteiger charge is -2.36. The molecule has 0 amide bonds. The fraction of sp³-hybridized carbons (Fsp3) is 0.786. The van der Waals surface area contributed by atoms with Gasteiger partial charge in [-0.05, 0) is 26.2 Å². The molecule has 0 atom stereocenters. The number of piperidine rings is 1. The average Bonchev–Trinajstić information content (AvgIpc) is 2.91. The van der Waals surface area contributed by atoms with Gasteiger partial charge in [-0.2, -0.15) is 5.10 Å². The van der Waals surface area contributed by atoms with Crippen molar-refractivity contribution < 1.29 is 13.3 Å². The Hall–Kier alpha value is -1.68. The fourth-order valence-corrected chi connectivity index (χ4v) is 4.28. The zero-order chi connectivity index (χ0) is 18.1. The van der Waals surface area contributed by atoms with Crippen LogP contribution in [0.4, 0.5) is 11.5 Å². The number of rotatable bonds is 6. The topological polar surface area (TPSA) is 102 Å². The highest BCUT2D eigenvalue weighted by Crippen LogP contribution is 2.34. The Morgan fingerprint density at radius 1 is 1.33 bits per heavy atom. The minimum atomic E-state index is -3.22. The molecular formula is C14H25N5O4S. The molecule has 0 aliphatic carbocycles. The van der Waals surface area contributed by atoms with Gasteiger partial charge < -0.3 is 4.90 Å². The Morgan fingerprint density at radius 2 is 1.92 bits per heavy atom. The first-order chi connectivity index (χ1) is 11.2. The standard InChI is InChI=1S/C14H25N5O4S/c1-5-12-13(19(20)21)14(16(3)15-12)18-9-7-11(8-10-18)17(4)24(22,23)6-2/h11H,5-10H2,1-4H3. The molecule has 0 unspecified atom stereocenters. The predicted molar refractivity (Wildman–Crippen MR) is 91.7 cm³/mol. The van der Waals surface area contributed by atoms with Gasteiger partial charge in [0.25, 0.3) is 0 Å². The van der Waals surface area contributed by atoms with Crippen LogP contribution in [0.2, 0.25) is 0 Å². The molecule has 1 aromatic rings. The van der Waals surface area contributed by atoms with Gasteiger partial charge in [-0.15, -0.1) is 0 Å². The Bertz CT molecular complexity index is 707. The van der Waals surface area contributed by atoms with E-state index in [1.54, 1.807) is 25.7 Å². The summed E-state index contributed by atoms with van der Waals surface area (Å²) in [5, 5.41) is 15.7. The van der Waals surface area contributed by atoms with Gasteiger partial charge in [-0.3, -0.25) is 10.1 Å². The third kappa shape index (κ3) is 3.39. The molecule has 1 aromatic heterocycles. The monoisotopic (exact) mass is 359 g/mol. The van der Waals surface area contributed by atoms with Crippen LogP contribution in [0.3, 0.4) is 0 Å². The number of nitro groups is 1. The number of nitrogens with zero attached hydrogens (tertiary/aromatic N) is 5. The quantitative estimate of drug-likeness (QED) is 0.557. The van der Waals surface area contributed by atoms with E-state index in [0.717, 1.165) is 0 Å². The molecule has 1 aliphatic heterocycles. The first kappa shape index (κ1) is 18.7. The molecule has 0 aromatic carbocycles. The molecule has 1 saturated heterocycles. The number of sulfonamides is 1. The van der Waals surface area contributed by atoms with E-state index < -0.39 is 10.0 Å². The molecule has 136 valence electrons. The van der Waals surface area contributed by atoms with Crippen molar-refractivity contribution in [3.63, 3.8) is 0 Å². The molecule has 2 rings (SSSR count).